The predicted octanol–water partition coefficient (Wildman–Crippen LogP) is 3.09. The number of carbonyl (C=O) groups is 1. The van der Waals surface area contributed by atoms with Crippen LogP contribution < -0.4 is 10.9 Å². The first-order valence-corrected chi connectivity index (χ1v) is 8.47. The van der Waals surface area contributed by atoms with E-state index < -0.39 is 5.91 Å². The van der Waals surface area contributed by atoms with Crippen LogP contribution in [-0.2, 0) is 6.54 Å². The second-order valence-corrected chi connectivity index (χ2v) is 6.07. The largest absolute Gasteiger partial charge is 0.319 e. The lowest BCUT2D eigenvalue weighted by Gasteiger charge is -2.08. The molecule has 0 atom stereocenters. The Morgan fingerprint density at radius 1 is 0.963 bits per heavy atom. The molecule has 1 N–H and O–H groups in total. The summed E-state index contributed by atoms with van der Waals surface area (Å²) >= 11 is 0. The number of fused-ring (bicyclic) bond motifs is 1. The molecule has 0 spiro atoms. The van der Waals surface area contributed by atoms with E-state index in [1.54, 1.807) is 6.20 Å². The van der Waals surface area contributed by atoms with Crippen molar-refractivity contribution < 1.29 is 4.79 Å². The SMILES string of the molecule is O=C(Nc1cnc2ccccc2c1)c1ccc(=O)n(Cc2ccccc2)n1. The van der Waals surface area contributed by atoms with Gasteiger partial charge in [-0.1, -0.05) is 48.5 Å². The van der Waals surface area contributed by atoms with Gasteiger partial charge in [0.05, 0.1) is 23.9 Å². The molecule has 1 amide bonds. The second-order valence-electron chi connectivity index (χ2n) is 6.07. The van der Waals surface area contributed by atoms with Crippen molar-refractivity contribution in [2.45, 2.75) is 6.54 Å². The average Bonchev–Trinajstić information content (AvgIpc) is 2.70. The smallest absolute Gasteiger partial charge is 0.276 e. The van der Waals surface area contributed by atoms with Gasteiger partial charge >= 0.3 is 0 Å². The molecule has 2 heterocycles. The van der Waals surface area contributed by atoms with E-state index >= 15 is 0 Å². The van der Waals surface area contributed by atoms with E-state index in [0.717, 1.165) is 16.5 Å². The Bertz CT molecular complexity index is 1170. The minimum atomic E-state index is -0.395. The number of nitrogens with one attached hydrogen (secondary N) is 1. The number of benzene rings is 2. The van der Waals surface area contributed by atoms with Crippen LogP contribution in [0.15, 0.2) is 83.8 Å². The summed E-state index contributed by atoms with van der Waals surface area (Å²) in [5, 5.41) is 7.91. The highest BCUT2D eigenvalue weighted by atomic mass is 16.2. The molecule has 4 aromatic rings. The molecule has 0 unspecified atom stereocenters. The van der Waals surface area contributed by atoms with Crippen LogP contribution >= 0.6 is 0 Å². The van der Waals surface area contributed by atoms with Crippen LogP contribution in [0.3, 0.4) is 0 Å². The lowest BCUT2D eigenvalue weighted by molar-refractivity contribution is 0.102. The van der Waals surface area contributed by atoms with Gasteiger partial charge < -0.3 is 5.32 Å². The van der Waals surface area contributed by atoms with Gasteiger partial charge in [0.2, 0.25) is 0 Å². The first-order chi connectivity index (χ1) is 13.2. The average molecular weight is 356 g/mol. The first kappa shape index (κ1) is 16.7. The molecule has 0 saturated heterocycles. The van der Waals surface area contributed by atoms with Gasteiger partial charge in [0.1, 0.15) is 5.69 Å². The fraction of sp³-hybridized carbons (Fsp3) is 0.0476. The van der Waals surface area contributed by atoms with Crippen molar-refractivity contribution in [3.8, 4) is 0 Å². The molecule has 0 saturated carbocycles. The number of hydrogen-bond donors (Lipinski definition) is 1. The van der Waals surface area contributed by atoms with Gasteiger partial charge in [-0.25, -0.2) is 4.68 Å². The summed E-state index contributed by atoms with van der Waals surface area (Å²) < 4.78 is 1.28. The molecule has 0 radical (unpaired) electrons. The van der Waals surface area contributed by atoms with Crippen molar-refractivity contribution in [2.24, 2.45) is 0 Å². The van der Waals surface area contributed by atoms with Crippen molar-refractivity contribution in [2.75, 3.05) is 5.32 Å². The summed E-state index contributed by atoms with van der Waals surface area (Å²) in [5.74, 6) is -0.395. The standard InChI is InChI=1S/C21H16N4O2/c26-20-11-10-19(24-25(20)14-15-6-2-1-3-7-15)21(27)23-17-12-16-8-4-5-9-18(16)22-13-17/h1-13H,14H2,(H,23,27). The maximum absolute atomic E-state index is 12.5. The van der Waals surface area contributed by atoms with Crippen molar-refractivity contribution >= 4 is 22.5 Å². The van der Waals surface area contributed by atoms with Crippen LogP contribution in [0.4, 0.5) is 5.69 Å². The predicted molar refractivity (Wildman–Crippen MR) is 104 cm³/mol. The molecule has 132 valence electrons. The van der Waals surface area contributed by atoms with E-state index in [4.69, 9.17) is 0 Å². The number of amides is 1. The minimum Gasteiger partial charge on any atom is -0.319 e. The number of pyridine rings is 1. The molecule has 0 fully saturated rings. The molecule has 6 heteroatoms. The van der Waals surface area contributed by atoms with E-state index in [1.807, 2.05) is 60.7 Å². The lowest BCUT2D eigenvalue weighted by Crippen LogP contribution is -2.26. The first-order valence-electron chi connectivity index (χ1n) is 8.47. The topological polar surface area (TPSA) is 76.9 Å². The summed E-state index contributed by atoms with van der Waals surface area (Å²) in [6.45, 7) is 0.304. The van der Waals surface area contributed by atoms with Crippen LogP contribution in [0.25, 0.3) is 10.9 Å². The molecule has 0 aliphatic carbocycles. The van der Waals surface area contributed by atoms with E-state index in [-0.39, 0.29) is 11.3 Å². The van der Waals surface area contributed by atoms with Crippen molar-refractivity contribution in [3.63, 3.8) is 0 Å². The molecule has 0 aliphatic heterocycles. The van der Waals surface area contributed by atoms with Gasteiger partial charge in [-0.15, -0.1) is 0 Å². The number of nitrogens with zero attached hydrogens (tertiary/aromatic N) is 3. The third kappa shape index (κ3) is 3.74. The van der Waals surface area contributed by atoms with Gasteiger partial charge in [0, 0.05) is 11.5 Å². The van der Waals surface area contributed by atoms with Crippen LogP contribution in [0.2, 0.25) is 0 Å². The Labute approximate surface area is 155 Å². The summed E-state index contributed by atoms with van der Waals surface area (Å²) in [6, 6.07) is 21.8. The Kier molecular flexibility index (Phi) is 4.45. The van der Waals surface area contributed by atoms with Gasteiger partial charge in [-0.05, 0) is 23.8 Å². The Morgan fingerprint density at radius 3 is 2.59 bits per heavy atom. The summed E-state index contributed by atoms with van der Waals surface area (Å²) in [5.41, 5.74) is 2.26. The van der Waals surface area contributed by atoms with Crippen molar-refractivity contribution in [1.82, 2.24) is 14.8 Å². The Balaban J connectivity index is 1.57. The van der Waals surface area contributed by atoms with Crippen LogP contribution in [0.1, 0.15) is 16.1 Å². The normalized spacial score (nSPS) is 10.7. The van der Waals surface area contributed by atoms with E-state index in [1.165, 1.54) is 16.8 Å². The molecule has 2 aromatic carbocycles. The molecule has 0 bridgehead atoms. The zero-order chi connectivity index (χ0) is 18.6. The monoisotopic (exact) mass is 356 g/mol. The number of carbonyl (C=O) groups excluding carboxylic acids is 1. The quantitative estimate of drug-likeness (QED) is 0.610. The zero-order valence-corrected chi connectivity index (χ0v) is 14.4. The maximum atomic E-state index is 12.5. The van der Waals surface area contributed by atoms with Crippen LogP contribution in [-0.4, -0.2) is 20.7 Å². The van der Waals surface area contributed by atoms with Gasteiger partial charge in [0.15, 0.2) is 0 Å². The highest BCUT2D eigenvalue weighted by Crippen LogP contribution is 2.16. The van der Waals surface area contributed by atoms with Crippen LogP contribution in [0, 0.1) is 0 Å². The number of aromatic nitrogens is 3. The molecule has 27 heavy (non-hydrogen) atoms. The van der Waals surface area contributed by atoms with E-state index in [0.29, 0.717) is 12.2 Å². The fourth-order valence-electron chi connectivity index (χ4n) is 2.77. The number of para-hydroxylation sites is 1. The summed E-state index contributed by atoms with van der Waals surface area (Å²) in [7, 11) is 0. The number of rotatable bonds is 4. The highest BCUT2D eigenvalue weighted by Gasteiger charge is 2.11. The van der Waals surface area contributed by atoms with Crippen LogP contribution in [0.5, 0.6) is 0 Å². The highest BCUT2D eigenvalue weighted by molar-refractivity contribution is 6.03. The molecular formula is C21H16N4O2. The molecule has 2 aromatic heterocycles. The zero-order valence-electron chi connectivity index (χ0n) is 14.4. The van der Waals surface area contributed by atoms with Gasteiger partial charge in [-0.3, -0.25) is 14.6 Å². The summed E-state index contributed by atoms with van der Waals surface area (Å²) in [6.07, 6.45) is 1.60. The number of anilines is 1. The van der Waals surface area contributed by atoms with Crippen molar-refractivity contribution in [1.29, 1.82) is 0 Å². The van der Waals surface area contributed by atoms with E-state index in [2.05, 4.69) is 15.4 Å². The summed E-state index contributed by atoms with van der Waals surface area (Å²) in [4.78, 5) is 28.9. The third-order valence-electron chi connectivity index (χ3n) is 4.12. The van der Waals surface area contributed by atoms with Crippen molar-refractivity contribution in [3.05, 3.63) is 101 Å². The third-order valence-corrected chi connectivity index (χ3v) is 4.12. The molecule has 0 aliphatic rings. The van der Waals surface area contributed by atoms with Gasteiger partial charge in [-0.2, -0.15) is 5.10 Å². The minimum absolute atomic E-state index is 0.165. The fourth-order valence-corrected chi connectivity index (χ4v) is 2.77. The Morgan fingerprint density at radius 2 is 1.74 bits per heavy atom. The number of hydrogen-bond acceptors (Lipinski definition) is 4. The second kappa shape index (κ2) is 7.21. The lowest BCUT2D eigenvalue weighted by atomic mass is 10.2. The molecule has 6 nitrogen and oxygen atoms in total. The molecule has 4 rings (SSSR count). The van der Waals surface area contributed by atoms with Gasteiger partial charge in [0.25, 0.3) is 11.5 Å². The molecular weight excluding hydrogens is 340 g/mol. The Hall–Kier alpha value is -3.80. The maximum Gasteiger partial charge on any atom is 0.276 e. The van der Waals surface area contributed by atoms with E-state index in [9.17, 15) is 9.59 Å².